The Labute approximate surface area is 276 Å². The van der Waals surface area contributed by atoms with Gasteiger partial charge in [0.25, 0.3) is 0 Å². The Morgan fingerprint density at radius 1 is 0.659 bits per heavy atom. The molecule has 0 fully saturated rings. The lowest BCUT2D eigenvalue weighted by Crippen LogP contribution is -2.43. The van der Waals surface area contributed by atoms with E-state index in [0.29, 0.717) is 13.0 Å². The number of methoxy groups -OCH3 is 1. The van der Waals surface area contributed by atoms with Crippen molar-refractivity contribution in [1.29, 1.82) is 0 Å². The summed E-state index contributed by atoms with van der Waals surface area (Å²) in [5, 5.41) is 14.1. The van der Waals surface area contributed by atoms with Gasteiger partial charge < -0.3 is 15.2 Å². The molecule has 0 aromatic heterocycles. The summed E-state index contributed by atoms with van der Waals surface area (Å²) < 4.78 is 5.46. The van der Waals surface area contributed by atoms with E-state index in [1.165, 1.54) is 141 Å². The van der Waals surface area contributed by atoms with Crippen LogP contribution in [0.15, 0.2) is 12.2 Å². The standard InChI is InChI=1S/C40H79NO3/c1-6-8-10-12-14-16-18-20-21-22-24-26-28-30-32-34-39(42)41-38(36-44-5)35-37(40(3,4)43)33-31-29-27-25-23-19-17-15-13-11-9-7-2/h20-21,37-38,43H,6-19,22-36H2,1-5H3,(H,41,42)/b21-20-. The fraction of sp³-hybridized carbons (Fsp3) is 0.925. The molecular formula is C40H79NO3. The zero-order valence-corrected chi connectivity index (χ0v) is 30.6. The van der Waals surface area contributed by atoms with Crippen molar-refractivity contribution in [3.63, 3.8) is 0 Å². The number of allylic oxidation sites excluding steroid dienone is 2. The third-order valence-corrected chi connectivity index (χ3v) is 9.37. The van der Waals surface area contributed by atoms with Gasteiger partial charge in [0, 0.05) is 13.5 Å². The van der Waals surface area contributed by atoms with Crippen LogP contribution in [-0.4, -0.2) is 36.4 Å². The van der Waals surface area contributed by atoms with Crippen LogP contribution in [0.5, 0.6) is 0 Å². The highest BCUT2D eigenvalue weighted by Crippen LogP contribution is 2.28. The Bertz CT molecular complexity index is 627. The first-order valence-electron chi connectivity index (χ1n) is 19.5. The molecule has 4 nitrogen and oxygen atoms in total. The molecule has 4 heteroatoms. The highest BCUT2D eigenvalue weighted by atomic mass is 16.5. The van der Waals surface area contributed by atoms with Gasteiger partial charge in [-0.05, 0) is 64.7 Å². The van der Waals surface area contributed by atoms with Crippen LogP contribution in [0, 0.1) is 5.92 Å². The summed E-state index contributed by atoms with van der Waals surface area (Å²) in [4.78, 5) is 12.7. The third-order valence-electron chi connectivity index (χ3n) is 9.37. The molecule has 0 aliphatic heterocycles. The van der Waals surface area contributed by atoms with Crippen LogP contribution in [0.4, 0.5) is 0 Å². The number of hydrogen-bond donors (Lipinski definition) is 2. The van der Waals surface area contributed by atoms with Crippen LogP contribution in [0.2, 0.25) is 0 Å². The summed E-state index contributed by atoms with van der Waals surface area (Å²) >= 11 is 0. The molecular weight excluding hydrogens is 542 g/mol. The van der Waals surface area contributed by atoms with E-state index in [4.69, 9.17) is 4.74 Å². The molecule has 0 aliphatic carbocycles. The van der Waals surface area contributed by atoms with E-state index in [9.17, 15) is 9.90 Å². The van der Waals surface area contributed by atoms with Gasteiger partial charge in [0.15, 0.2) is 0 Å². The van der Waals surface area contributed by atoms with Crippen molar-refractivity contribution in [2.45, 2.75) is 219 Å². The molecule has 2 atom stereocenters. The van der Waals surface area contributed by atoms with E-state index in [-0.39, 0.29) is 17.9 Å². The molecule has 0 radical (unpaired) electrons. The highest BCUT2D eigenvalue weighted by Gasteiger charge is 2.29. The number of ether oxygens (including phenoxy) is 1. The summed E-state index contributed by atoms with van der Waals surface area (Å²) in [5.74, 6) is 0.287. The zero-order valence-electron chi connectivity index (χ0n) is 30.6. The van der Waals surface area contributed by atoms with Crippen molar-refractivity contribution in [2.24, 2.45) is 5.92 Å². The molecule has 0 saturated carbocycles. The second kappa shape index (κ2) is 32.1. The van der Waals surface area contributed by atoms with Gasteiger partial charge in [-0.3, -0.25) is 4.79 Å². The Morgan fingerprint density at radius 3 is 1.50 bits per heavy atom. The van der Waals surface area contributed by atoms with Gasteiger partial charge >= 0.3 is 0 Å². The van der Waals surface area contributed by atoms with Crippen molar-refractivity contribution in [1.82, 2.24) is 5.32 Å². The minimum absolute atomic E-state index is 0.0376. The van der Waals surface area contributed by atoms with Crippen LogP contribution < -0.4 is 5.32 Å². The molecule has 0 aromatic carbocycles. The lowest BCUT2D eigenvalue weighted by molar-refractivity contribution is -0.122. The smallest absolute Gasteiger partial charge is 0.220 e. The molecule has 0 aromatic rings. The molecule has 0 aliphatic rings. The van der Waals surface area contributed by atoms with Crippen molar-refractivity contribution >= 4 is 5.91 Å². The fourth-order valence-electron chi connectivity index (χ4n) is 6.36. The van der Waals surface area contributed by atoms with Gasteiger partial charge in [0.1, 0.15) is 0 Å². The summed E-state index contributed by atoms with van der Waals surface area (Å²) in [6.07, 6.45) is 39.7. The Kier molecular flexibility index (Phi) is 31.5. The van der Waals surface area contributed by atoms with Gasteiger partial charge in [0.2, 0.25) is 5.91 Å². The van der Waals surface area contributed by atoms with E-state index in [1.54, 1.807) is 7.11 Å². The fourth-order valence-corrected chi connectivity index (χ4v) is 6.36. The number of carbonyl (C=O) groups excluding carboxylic acids is 1. The number of nitrogens with one attached hydrogen (secondary N) is 1. The van der Waals surface area contributed by atoms with Gasteiger partial charge in [-0.1, -0.05) is 154 Å². The molecule has 0 bridgehead atoms. The van der Waals surface area contributed by atoms with Crippen LogP contribution >= 0.6 is 0 Å². The normalized spacial score (nSPS) is 13.5. The SMILES string of the molecule is CCCCCCCC/C=C\CCCCCCCC(=O)NC(COC)CC(CCCCCCCCCCCCCC)C(C)(C)O. The van der Waals surface area contributed by atoms with Gasteiger partial charge in [0.05, 0.1) is 18.2 Å². The second-order valence-electron chi connectivity index (χ2n) is 14.3. The Balaban J connectivity index is 4.05. The zero-order chi connectivity index (χ0) is 32.6. The number of rotatable bonds is 34. The van der Waals surface area contributed by atoms with E-state index in [1.807, 2.05) is 13.8 Å². The quantitative estimate of drug-likeness (QED) is 0.0555. The van der Waals surface area contributed by atoms with Crippen LogP contribution in [0.1, 0.15) is 207 Å². The maximum Gasteiger partial charge on any atom is 0.220 e. The van der Waals surface area contributed by atoms with Crippen molar-refractivity contribution in [2.75, 3.05) is 13.7 Å². The van der Waals surface area contributed by atoms with Crippen molar-refractivity contribution in [3.05, 3.63) is 12.2 Å². The predicted octanol–water partition coefficient (Wildman–Crippen LogP) is 12.0. The summed E-state index contributed by atoms with van der Waals surface area (Å²) in [6, 6.07) is -0.0376. The molecule has 0 saturated heterocycles. The molecule has 44 heavy (non-hydrogen) atoms. The summed E-state index contributed by atoms with van der Waals surface area (Å²) in [7, 11) is 1.70. The molecule has 2 N–H and O–H groups in total. The van der Waals surface area contributed by atoms with Gasteiger partial charge in [-0.15, -0.1) is 0 Å². The van der Waals surface area contributed by atoms with E-state index >= 15 is 0 Å². The Hall–Kier alpha value is -0.870. The van der Waals surface area contributed by atoms with E-state index in [0.717, 1.165) is 32.1 Å². The molecule has 262 valence electrons. The largest absolute Gasteiger partial charge is 0.390 e. The number of amides is 1. The van der Waals surface area contributed by atoms with E-state index < -0.39 is 5.60 Å². The number of unbranched alkanes of at least 4 members (excludes halogenated alkanes) is 22. The molecule has 1 amide bonds. The average Bonchev–Trinajstić information content (AvgIpc) is 2.98. The topological polar surface area (TPSA) is 58.6 Å². The van der Waals surface area contributed by atoms with Crippen molar-refractivity contribution < 1.29 is 14.6 Å². The average molecular weight is 622 g/mol. The maximum absolute atomic E-state index is 12.7. The summed E-state index contributed by atoms with van der Waals surface area (Å²) in [5.41, 5.74) is -0.752. The minimum Gasteiger partial charge on any atom is -0.390 e. The number of aliphatic hydroxyl groups is 1. The number of hydrogen-bond acceptors (Lipinski definition) is 3. The summed E-state index contributed by atoms with van der Waals surface area (Å²) in [6.45, 7) is 8.91. The molecule has 0 rings (SSSR count). The van der Waals surface area contributed by atoms with Crippen LogP contribution in [0.3, 0.4) is 0 Å². The highest BCUT2D eigenvalue weighted by molar-refractivity contribution is 5.76. The van der Waals surface area contributed by atoms with Crippen LogP contribution in [-0.2, 0) is 9.53 Å². The van der Waals surface area contributed by atoms with Gasteiger partial charge in [-0.2, -0.15) is 0 Å². The van der Waals surface area contributed by atoms with E-state index in [2.05, 4.69) is 31.3 Å². The lowest BCUT2D eigenvalue weighted by atomic mass is 9.81. The first-order chi connectivity index (χ1) is 21.3. The monoisotopic (exact) mass is 622 g/mol. The minimum atomic E-state index is -0.752. The lowest BCUT2D eigenvalue weighted by Gasteiger charge is -2.33. The van der Waals surface area contributed by atoms with Crippen LogP contribution in [0.25, 0.3) is 0 Å². The third kappa shape index (κ3) is 29.8. The molecule has 0 heterocycles. The second-order valence-corrected chi connectivity index (χ2v) is 14.3. The number of carbonyl (C=O) groups is 1. The maximum atomic E-state index is 12.7. The van der Waals surface area contributed by atoms with Crippen molar-refractivity contribution in [3.8, 4) is 0 Å². The first-order valence-corrected chi connectivity index (χ1v) is 19.5. The molecule has 0 spiro atoms. The first kappa shape index (κ1) is 43.1. The van der Waals surface area contributed by atoms with Gasteiger partial charge in [-0.25, -0.2) is 0 Å². The Morgan fingerprint density at radius 2 is 1.07 bits per heavy atom. The molecule has 2 unspecified atom stereocenters. The predicted molar refractivity (Wildman–Crippen MR) is 193 cm³/mol.